The molecule has 0 aliphatic carbocycles. The Hall–Kier alpha value is -2.86. The third-order valence-corrected chi connectivity index (χ3v) is 5.24. The quantitative estimate of drug-likeness (QED) is 0.865. The van der Waals surface area contributed by atoms with Crippen LogP contribution in [0.3, 0.4) is 0 Å². The number of piperazine rings is 1. The fraction of sp³-hybridized carbons (Fsp3) is 0.364. The second kappa shape index (κ2) is 8.89. The highest BCUT2D eigenvalue weighted by molar-refractivity contribution is 5.95. The first kappa shape index (κ1) is 19.9. The second-order valence-electron chi connectivity index (χ2n) is 7.09. The molecule has 1 heterocycles. The molecular weight excluding hydrogens is 354 g/mol. The van der Waals surface area contributed by atoms with E-state index in [9.17, 15) is 9.59 Å². The molecule has 0 aromatic heterocycles. The number of nitrogens with zero attached hydrogens (tertiary/aromatic N) is 2. The topological polar surface area (TPSA) is 61.9 Å². The van der Waals surface area contributed by atoms with Crippen molar-refractivity contribution >= 4 is 17.5 Å². The van der Waals surface area contributed by atoms with E-state index in [1.807, 2.05) is 36.9 Å². The SMILES string of the molecule is COc1ccc(C(=O)N2CCN(CC(=O)Nc3cccc(C)c3C)CC2)cc1. The van der Waals surface area contributed by atoms with Gasteiger partial charge < -0.3 is 15.0 Å². The van der Waals surface area contributed by atoms with E-state index in [0.29, 0.717) is 38.3 Å². The van der Waals surface area contributed by atoms with Crippen molar-refractivity contribution in [3.63, 3.8) is 0 Å². The third kappa shape index (κ3) is 4.70. The Morgan fingerprint density at radius 1 is 1.00 bits per heavy atom. The van der Waals surface area contributed by atoms with Gasteiger partial charge in [-0.2, -0.15) is 0 Å². The number of amides is 2. The molecule has 6 heteroatoms. The average molecular weight is 381 g/mol. The molecule has 0 spiro atoms. The van der Waals surface area contributed by atoms with Gasteiger partial charge in [0.15, 0.2) is 0 Å². The molecule has 0 radical (unpaired) electrons. The maximum atomic E-state index is 12.6. The van der Waals surface area contributed by atoms with Crippen LogP contribution in [0.4, 0.5) is 5.69 Å². The van der Waals surface area contributed by atoms with E-state index in [4.69, 9.17) is 4.74 Å². The van der Waals surface area contributed by atoms with Crippen LogP contribution < -0.4 is 10.1 Å². The van der Waals surface area contributed by atoms with Gasteiger partial charge in [0, 0.05) is 37.4 Å². The van der Waals surface area contributed by atoms with Gasteiger partial charge in [0.25, 0.3) is 5.91 Å². The Kier molecular flexibility index (Phi) is 6.31. The smallest absolute Gasteiger partial charge is 0.253 e. The Balaban J connectivity index is 1.50. The number of aryl methyl sites for hydroxylation is 1. The van der Waals surface area contributed by atoms with Crippen LogP contribution in [-0.2, 0) is 4.79 Å². The Morgan fingerprint density at radius 2 is 1.68 bits per heavy atom. The highest BCUT2D eigenvalue weighted by Gasteiger charge is 2.23. The summed E-state index contributed by atoms with van der Waals surface area (Å²) in [6.07, 6.45) is 0. The lowest BCUT2D eigenvalue weighted by Gasteiger charge is -2.34. The fourth-order valence-corrected chi connectivity index (χ4v) is 3.30. The van der Waals surface area contributed by atoms with Crippen LogP contribution >= 0.6 is 0 Å². The van der Waals surface area contributed by atoms with Crippen molar-refractivity contribution < 1.29 is 14.3 Å². The number of nitrogens with one attached hydrogen (secondary N) is 1. The molecule has 1 fully saturated rings. The molecule has 2 amide bonds. The summed E-state index contributed by atoms with van der Waals surface area (Å²) in [5.41, 5.74) is 3.76. The van der Waals surface area contributed by atoms with Gasteiger partial charge in [-0.15, -0.1) is 0 Å². The van der Waals surface area contributed by atoms with Crippen molar-refractivity contribution in [2.75, 3.05) is 45.2 Å². The lowest BCUT2D eigenvalue weighted by atomic mass is 10.1. The minimum Gasteiger partial charge on any atom is -0.497 e. The van der Waals surface area contributed by atoms with Crippen molar-refractivity contribution in [3.8, 4) is 5.75 Å². The Morgan fingerprint density at radius 3 is 2.32 bits per heavy atom. The summed E-state index contributed by atoms with van der Waals surface area (Å²) < 4.78 is 5.13. The van der Waals surface area contributed by atoms with Gasteiger partial charge in [-0.05, 0) is 55.3 Å². The summed E-state index contributed by atoms with van der Waals surface area (Å²) in [6, 6.07) is 13.1. The molecule has 2 aromatic carbocycles. The minimum absolute atomic E-state index is 0.0159. The normalized spacial score (nSPS) is 14.6. The molecule has 6 nitrogen and oxygen atoms in total. The lowest BCUT2D eigenvalue weighted by Crippen LogP contribution is -2.50. The van der Waals surface area contributed by atoms with Gasteiger partial charge in [0.2, 0.25) is 5.91 Å². The van der Waals surface area contributed by atoms with Crippen LogP contribution in [0.1, 0.15) is 21.5 Å². The third-order valence-electron chi connectivity index (χ3n) is 5.24. The number of carbonyl (C=O) groups excluding carboxylic acids is 2. The molecule has 1 N–H and O–H groups in total. The molecule has 1 aliphatic rings. The molecule has 28 heavy (non-hydrogen) atoms. The van der Waals surface area contributed by atoms with Crippen molar-refractivity contribution in [2.45, 2.75) is 13.8 Å². The fourth-order valence-electron chi connectivity index (χ4n) is 3.30. The molecule has 2 aromatic rings. The van der Waals surface area contributed by atoms with Gasteiger partial charge in [-0.3, -0.25) is 14.5 Å². The summed E-state index contributed by atoms with van der Waals surface area (Å²) in [7, 11) is 1.60. The lowest BCUT2D eigenvalue weighted by molar-refractivity contribution is -0.117. The first-order valence-corrected chi connectivity index (χ1v) is 9.49. The van der Waals surface area contributed by atoms with Crippen molar-refractivity contribution in [2.24, 2.45) is 0 Å². The number of hydrogen-bond donors (Lipinski definition) is 1. The number of hydrogen-bond acceptors (Lipinski definition) is 4. The molecule has 1 aliphatic heterocycles. The van der Waals surface area contributed by atoms with E-state index in [-0.39, 0.29) is 11.8 Å². The molecule has 148 valence electrons. The van der Waals surface area contributed by atoms with Gasteiger partial charge in [0.05, 0.1) is 13.7 Å². The molecule has 3 rings (SSSR count). The number of ether oxygens (including phenoxy) is 1. The largest absolute Gasteiger partial charge is 0.497 e. The first-order valence-electron chi connectivity index (χ1n) is 9.49. The van der Waals surface area contributed by atoms with Crippen LogP contribution in [0.5, 0.6) is 5.75 Å². The predicted octanol–water partition coefficient (Wildman–Crippen LogP) is 2.71. The number of rotatable bonds is 5. The summed E-state index contributed by atoms with van der Waals surface area (Å²) in [5.74, 6) is 0.724. The van der Waals surface area contributed by atoms with Crippen molar-refractivity contribution in [1.82, 2.24) is 9.80 Å². The van der Waals surface area contributed by atoms with E-state index < -0.39 is 0 Å². The number of carbonyl (C=O) groups is 2. The van der Waals surface area contributed by atoms with Crippen LogP contribution in [0.2, 0.25) is 0 Å². The summed E-state index contributed by atoms with van der Waals surface area (Å²) in [4.78, 5) is 28.9. The van der Waals surface area contributed by atoms with E-state index >= 15 is 0 Å². The van der Waals surface area contributed by atoms with E-state index in [1.165, 1.54) is 0 Å². The van der Waals surface area contributed by atoms with Crippen LogP contribution in [0, 0.1) is 13.8 Å². The second-order valence-corrected chi connectivity index (χ2v) is 7.09. The molecule has 0 unspecified atom stereocenters. The standard InChI is InChI=1S/C22H27N3O3/c1-16-5-4-6-20(17(16)2)23-21(26)15-24-11-13-25(14-12-24)22(27)18-7-9-19(28-3)10-8-18/h4-10H,11-15H2,1-3H3,(H,23,26). The van der Waals surface area contributed by atoms with Gasteiger partial charge in [0.1, 0.15) is 5.75 Å². The van der Waals surface area contributed by atoms with Crippen LogP contribution in [0.25, 0.3) is 0 Å². The summed E-state index contributed by atoms with van der Waals surface area (Å²) >= 11 is 0. The monoisotopic (exact) mass is 381 g/mol. The van der Waals surface area contributed by atoms with Crippen molar-refractivity contribution in [3.05, 3.63) is 59.2 Å². The molecule has 0 bridgehead atoms. The zero-order valence-electron chi connectivity index (χ0n) is 16.7. The number of methoxy groups -OCH3 is 1. The van der Waals surface area contributed by atoms with E-state index in [2.05, 4.69) is 10.2 Å². The van der Waals surface area contributed by atoms with E-state index in [0.717, 1.165) is 22.6 Å². The van der Waals surface area contributed by atoms with Gasteiger partial charge >= 0.3 is 0 Å². The highest BCUT2D eigenvalue weighted by atomic mass is 16.5. The molecular formula is C22H27N3O3. The van der Waals surface area contributed by atoms with Crippen LogP contribution in [-0.4, -0.2) is 61.4 Å². The number of anilines is 1. The first-order chi connectivity index (χ1) is 13.5. The molecule has 0 saturated carbocycles. The van der Waals surface area contributed by atoms with Gasteiger partial charge in [-0.25, -0.2) is 0 Å². The molecule has 0 atom stereocenters. The summed E-state index contributed by atoms with van der Waals surface area (Å²) in [6.45, 7) is 6.96. The minimum atomic E-state index is -0.0244. The maximum absolute atomic E-state index is 12.6. The number of benzene rings is 2. The Labute approximate surface area is 166 Å². The zero-order valence-corrected chi connectivity index (χ0v) is 16.7. The highest BCUT2D eigenvalue weighted by Crippen LogP contribution is 2.18. The molecule has 1 saturated heterocycles. The summed E-state index contributed by atoms with van der Waals surface area (Å²) in [5, 5.41) is 3.00. The van der Waals surface area contributed by atoms with Crippen LogP contribution in [0.15, 0.2) is 42.5 Å². The predicted molar refractivity (Wildman–Crippen MR) is 110 cm³/mol. The average Bonchev–Trinajstić information content (AvgIpc) is 2.71. The van der Waals surface area contributed by atoms with Crippen molar-refractivity contribution in [1.29, 1.82) is 0 Å². The Bertz CT molecular complexity index is 841. The van der Waals surface area contributed by atoms with Gasteiger partial charge in [-0.1, -0.05) is 12.1 Å². The maximum Gasteiger partial charge on any atom is 0.253 e. The zero-order chi connectivity index (χ0) is 20.1. The van der Waals surface area contributed by atoms with E-state index in [1.54, 1.807) is 31.4 Å².